The number of hydrogen-bond acceptors (Lipinski definition) is 4. The lowest BCUT2D eigenvalue weighted by Crippen LogP contribution is -2.20. The van der Waals surface area contributed by atoms with Crippen LogP contribution >= 0.6 is 0 Å². The minimum Gasteiger partial charge on any atom is -0.495 e. The van der Waals surface area contributed by atoms with Crippen LogP contribution in [0.25, 0.3) is 0 Å². The SMILES string of the molecule is COc1ccccc1NC(=O)COc1ccc(Oc2cc(C)cc(C)c2)cc1. The maximum absolute atomic E-state index is 12.1. The molecule has 0 spiro atoms. The van der Waals surface area contributed by atoms with E-state index in [1.165, 1.54) is 0 Å². The molecule has 0 saturated carbocycles. The fourth-order valence-electron chi connectivity index (χ4n) is 2.81. The quantitative estimate of drug-likeness (QED) is 0.621. The first-order valence-corrected chi connectivity index (χ1v) is 8.95. The summed E-state index contributed by atoms with van der Waals surface area (Å²) in [5.74, 6) is 2.42. The highest BCUT2D eigenvalue weighted by atomic mass is 16.5. The van der Waals surface area contributed by atoms with Crippen LogP contribution in [0.3, 0.4) is 0 Å². The third kappa shape index (κ3) is 5.27. The lowest BCUT2D eigenvalue weighted by Gasteiger charge is -2.11. The molecule has 0 aliphatic carbocycles. The molecule has 1 N–H and O–H groups in total. The standard InChI is InChI=1S/C23H23NO4/c1-16-12-17(2)14-20(13-16)28-19-10-8-18(9-11-19)27-15-23(25)24-21-6-4-5-7-22(21)26-3/h4-14H,15H2,1-3H3,(H,24,25). The van der Waals surface area contributed by atoms with E-state index in [-0.39, 0.29) is 12.5 Å². The Morgan fingerprint density at radius 1 is 0.857 bits per heavy atom. The van der Waals surface area contributed by atoms with Crippen molar-refractivity contribution in [1.82, 2.24) is 0 Å². The third-order valence-corrected chi connectivity index (χ3v) is 4.01. The van der Waals surface area contributed by atoms with Crippen molar-refractivity contribution >= 4 is 11.6 Å². The number of para-hydroxylation sites is 2. The van der Waals surface area contributed by atoms with Gasteiger partial charge in [0.1, 0.15) is 23.0 Å². The fourth-order valence-corrected chi connectivity index (χ4v) is 2.81. The van der Waals surface area contributed by atoms with E-state index in [1.807, 2.05) is 50.2 Å². The van der Waals surface area contributed by atoms with Gasteiger partial charge in [-0.3, -0.25) is 4.79 Å². The molecule has 0 unspecified atom stereocenters. The van der Waals surface area contributed by atoms with Crippen LogP contribution in [0.5, 0.6) is 23.0 Å². The summed E-state index contributed by atoms with van der Waals surface area (Å²) in [6, 6.07) is 20.5. The monoisotopic (exact) mass is 377 g/mol. The summed E-state index contributed by atoms with van der Waals surface area (Å²) in [5, 5.41) is 2.77. The number of carbonyl (C=O) groups is 1. The molecule has 28 heavy (non-hydrogen) atoms. The van der Waals surface area contributed by atoms with E-state index in [9.17, 15) is 4.79 Å². The van der Waals surface area contributed by atoms with Gasteiger partial charge in [-0.1, -0.05) is 18.2 Å². The summed E-state index contributed by atoms with van der Waals surface area (Å²) in [6.45, 7) is 3.97. The number of anilines is 1. The molecule has 3 rings (SSSR count). The van der Waals surface area contributed by atoms with Gasteiger partial charge in [-0.05, 0) is 73.5 Å². The molecule has 5 heteroatoms. The topological polar surface area (TPSA) is 56.8 Å². The second kappa shape index (κ2) is 8.95. The largest absolute Gasteiger partial charge is 0.495 e. The molecule has 0 heterocycles. The minimum absolute atomic E-state index is 0.102. The van der Waals surface area contributed by atoms with Crippen molar-refractivity contribution in [1.29, 1.82) is 0 Å². The predicted octanol–water partition coefficient (Wildman–Crippen LogP) is 5.12. The summed E-state index contributed by atoms with van der Waals surface area (Å²) >= 11 is 0. The number of carbonyl (C=O) groups excluding carboxylic acids is 1. The molecule has 0 aliphatic heterocycles. The third-order valence-electron chi connectivity index (χ3n) is 4.01. The number of nitrogens with one attached hydrogen (secondary N) is 1. The van der Waals surface area contributed by atoms with Crippen molar-refractivity contribution in [3.8, 4) is 23.0 Å². The van der Waals surface area contributed by atoms with E-state index in [1.54, 1.807) is 31.4 Å². The van der Waals surface area contributed by atoms with Gasteiger partial charge >= 0.3 is 0 Å². The smallest absolute Gasteiger partial charge is 0.262 e. The number of amides is 1. The van der Waals surface area contributed by atoms with Gasteiger partial charge in [0.25, 0.3) is 5.91 Å². The summed E-state index contributed by atoms with van der Waals surface area (Å²) in [5.41, 5.74) is 2.91. The van der Waals surface area contributed by atoms with E-state index in [0.717, 1.165) is 16.9 Å². The van der Waals surface area contributed by atoms with E-state index in [2.05, 4.69) is 11.4 Å². The van der Waals surface area contributed by atoms with Gasteiger partial charge < -0.3 is 19.5 Å². The minimum atomic E-state index is -0.264. The van der Waals surface area contributed by atoms with Crippen molar-refractivity contribution < 1.29 is 19.0 Å². The van der Waals surface area contributed by atoms with Gasteiger partial charge in [0.05, 0.1) is 12.8 Å². The second-order valence-corrected chi connectivity index (χ2v) is 6.43. The zero-order chi connectivity index (χ0) is 19.9. The van der Waals surface area contributed by atoms with Crippen molar-refractivity contribution in [2.24, 2.45) is 0 Å². The fraction of sp³-hybridized carbons (Fsp3) is 0.174. The summed E-state index contributed by atoms with van der Waals surface area (Å²) in [4.78, 5) is 12.1. The van der Waals surface area contributed by atoms with Crippen LogP contribution in [0.1, 0.15) is 11.1 Å². The second-order valence-electron chi connectivity index (χ2n) is 6.43. The van der Waals surface area contributed by atoms with Gasteiger partial charge in [-0.25, -0.2) is 0 Å². The zero-order valence-electron chi connectivity index (χ0n) is 16.2. The maximum Gasteiger partial charge on any atom is 0.262 e. The molecule has 0 atom stereocenters. The maximum atomic E-state index is 12.1. The first kappa shape index (κ1) is 19.3. The summed E-state index contributed by atoms with van der Waals surface area (Å²) < 4.78 is 16.6. The average Bonchev–Trinajstić information content (AvgIpc) is 2.67. The molecule has 1 amide bonds. The highest BCUT2D eigenvalue weighted by molar-refractivity contribution is 5.93. The molecule has 0 fully saturated rings. The number of aryl methyl sites for hydroxylation is 2. The predicted molar refractivity (Wildman–Crippen MR) is 110 cm³/mol. The number of benzene rings is 3. The average molecular weight is 377 g/mol. The number of ether oxygens (including phenoxy) is 3. The summed E-state index contributed by atoms with van der Waals surface area (Å²) in [6.07, 6.45) is 0. The number of methoxy groups -OCH3 is 1. The van der Waals surface area contributed by atoms with Gasteiger partial charge in [0.2, 0.25) is 0 Å². The molecular formula is C23H23NO4. The molecule has 0 aromatic heterocycles. The van der Waals surface area contributed by atoms with Crippen molar-refractivity contribution in [3.63, 3.8) is 0 Å². The van der Waals surface area contributed by atoms with Gasteiger partial charge in [0, 0.05) is 0 Å². The number of hydrogen-bond donors (Lipinski definition) is 1. The van der Waals surface area contributed by atoms with Crippen molar-refractivity contribution in [3.05, 3.63) is 77.9 Å². The highest BCUT2D eigenvalue weighted by Crippen LogP contribution is 2.26. The van der Waals surface area contributed by atoms with Crippen LogP contribution in [0.15, 0.2) is 66.7 Å². The Labute approximate surface area is 164 Å². The van der Waals surface area contributed by atoms with Crippen LogP contribution in [0.2, 0.25) is 0 Å². The van der Waals surface area contributed by atoms with E-state index in [4.69, 9.17) is 14.2 Å². The molecule has 144 valence electrons. The van der Waals surface area contributed by atoms with Crippen LogP contribution < -0.4 is 19.5 Å². The zero-order valence-corrected chi connectivity index (χ0v) is 16.2. The van der Waals surface area contributed by atoms with Gasteiger partial charge in [-0.15, -0.1) is 0 Å². The Balaban J connectivity index is 1.54. The molecule has 5 nitrogen and oxygen atoms in total. The first-order chi connectivity index (χ1) is 13.5. The molecule has 0 radical (unpaired) electrons. The normalized spacial score (nSPS) is 10.2. The molecule has 0 bridgehead atoms. The van der Waals surface area contributed by atoms with Gasteiger partial charge in [0.15, 0.2) is 6.61 Å². The Kier molecular flexibility index (Phi) is 6.17. The molecule has 3 aromatic carbocycles. The summed E-state index contributed by atoms with van der Waals surface area (Å²) in [7, 11) is 1.56. The molecule has 0 aliphatic rings. The van der Waals surface area contributed by atoms with Crippen LogP contribution in [0, 0.1) is 13.8 Å². The van der Waals surface area contributed by atoms with E-state index in [0.29, 0.717) is 22.9 Å². The Hall–Kier alpha value is -3.47. The highest BCUT2D eigenvalue weighted by Gasteiger charge is 2.08. The molecule has 3 aromatic rings. The van der Waals surface area contributed by atoms with E-state index < -0.39 is 0 Å². The number of rotatable bonds is 7. The van der Waals surface area contributed by atoms with E-state index >= 15 is 0 Å². The Morgan fingerprint density at radius 2 is 1.50 bits per heavy atom. The van der Waals surface area contributed by atoms with Gasteiger partial charge in [-0.2, -0.15) is 0 Å². The lowest BCUT2D eigenvalue weighted by molar-refractivity contribution is -0.118. The molecular weight excluding hydrogens is 354 g/mol. The van der Waals surface area contributed by atoms with Crippen molar-refractivity contribution in [2.45, 2.75) is 13.8 Å². The van der Waals surface area contributed by atoms with Crippen LogP contribution in [-0.4, -0.2) is 19.6 Å². The van der Waals surface area contributed by atoms with Crippen LogP contribution in [-0.2, 0) is 4.79 Å². The van der Waals surface area contributed by atoms with Crippen LogP contribution in [0.4, 0.5) is 5.69 Å². The first-order valence-electron chi connectivity index (χ1n) is 8.95. The lowest BCUT2D eigenvalue weighted by atomic mass is 10.1. The molecule has 0 saturated heterocycles. The Morgan fingerprint density at radius 3 is 2.18 bits per heavy atom. The van der Waals surface area contributed by atoms with Crippen molar-refractivity contribution in [2.75, 3.05) is 19.0 Å². The Bertz CT molecular complexity index is 931.